The summed E-state index contributed by atoms with van der Waals surface area (Å²) in [5, 5.41) is 6.68. The van der Waals surface area contributed by atoms with E-state index in [-0.39, 0.29) is 11.8 Å². The Bertz CT molecular complexity index is 1190. The second-order valence-corrected chi connectivity index (χ2v) is 7.91. The number of hydrogen-bond acceptors (Lipinski definition) is 5. The van der Waals surface area contributed by atoms with Gasteiger partial charge in [0.1, 0.15) is 11.3 Å². The van der Waals surface area contributed by atoms with Crippen LogP contribution in [0.1, 0.15) is 37.0 Å². The standard InChI is InChI=1S/C22H21N5O2S/c1-13-5-6-16(21(28)24-9-7-19-14(2)25-12-30-19)11-17(13)27-22(29)18-10-15-4-3-8-23-20(15)26-18/h3-6,8,10-12H,7,9H2,1-2H3,(H,23,26)(H,24,28)(H,27,29). The molecule has 1 aromatic carbocycles. The van der Waals surface area contributed by atoms with Gasteiger partial charge in [-0.25, -0.2) is 9.97 Å². The van der Waals surface area contributed by atoms with Gasteiger partial charge in [0.2, 0.25) is 0 Å². The zero-order valence-corrected chi connectivity index (χ0v) is 17.5. The van der Waals surface area contributed by atoms with Crippen LogP contribution in [0.25, 0.3) is 11.0 Å². The van der Waals surface area contributed by atoms with Gasteiger partial charge in [-0.05, 0) is 49.7 Å². The summed E-state index contributed by atoms with van der Waals surface area (Å²) in [5.74, 6) is -0.461. The molecule has 0 fully saturated rings. The van der Waals surface area contributed by atoms with Crippen molar-refractivity contribution in [3.8, 4) is 0 Å². The third kappa shape index (κ3) is 4.23. The molecule has 0 saturated carbocycles. The molecule has 7 nitrogen and oxygen atoms in total. The number of H-pyrrole nitrogens is 1. The fraction of sp³-hybridized carbons (Fsp3) is 0.182. The number of amides is 2. The highest BCUT2D eigenvalue weighted by Gasteiger charge is 2.14. The van der Waals surface area contributed by atoms with Crippen molar-refractivity contribution in [3.63, 3.8) is 0 Å². The molecule has 0 radical (unpaired) electrons. The van der Waals surface area contributed by atoms with Crippen molar-refractivity contribution in [1.82, 2.24) is 20.3 Å². The van der Waals surface area contributed by atoms with Gasteiger partial charge >= 0.3 is 0 Å². The van der Waals surface area contributed by atoms with E-state index in [1.807, 2.05) is 37.6 Å². The number of nitrogens with one attached hydrogen (secondary N) is 3. The number of aromatic nitrogens is 3. The van der Waals surface area contributed by atoms with E-state index in [0.29, 0.717) is 29.1 Å². The monoisotopic (exact) mass is 419 g/mol. The topological polar surface area (TPSA) is 99.8 Å². The van der Waals surface area contributed by atoms with Crippen LogP contribution in [-0.2, 0) is 6.42 Å². The lowest BCUT2D eigenvalue weighted by Gasteiger charge is -2.10. The lowest BCUT2D eigenvalue weighted by Crippen LogP contribution is -2.26. The Morgan fingerprint density at radius 2 is 1.97 bits per heavy atom. The maximum Gasteiger partial charge on any atom is 0.272 e. The Hall–Kier alpha value is -3.52. The zero-order chi connectivity index (χ0) is 21.1. The largest absolute Gasteiger partial charge is 0.352 e. The van der Waals surface area contributed by atoms with E-state index >= 15 is 0 Å². The molecule has 4 aromatic rings. The highest BCUT2D eigenvalue weighted by Crippen LogP contribution is 2.19. The predicted molar refractivity (Wildman–Crippen MR) is 118 cm³/mol. The summed E-state index contributed by atoms with van der Waals surface area (Å²) in [5.41, 5.74) is 5.84. The number of nitrogens with zero attached hydrogens (tertiary/aromatic N) is 2. The van der Waals surface area contributed by atoms with Gasteiger partial charge in [0.05, 0.1) is 11.2 Å². The summed E-state index contributed by atoms with van der Waals surface area (Å²) in [4.78, 5) is 37.8. The first-order valence-electron chi connectivity index (χ1n) is 9.54. The fourth-order valence-corrected chi connectivity index (χ4v) is 3.91. The van der Waals surface area contributed by atoms with Crippen LogP contribution in [0.4, 0.5) is 5.69 Å². The van der Waals surface area contributed by atoms with Gasteiger partial charge < -0.3 is 15.6 Å². The SMILES string of the molecule is Cc1ccc(C(=O)NCCc2scnc2C)cc1NC(=O)c1cc2cccnc2[nH]1. The summed E-state index contributed by atoms with van der Waals surface area (Å²) in [7, 11) is 0. The Balaban J connectivity index is 1.43. The minimum absolute atomic E-state index is 0.178. The molecular formula is C22H21N5O2S. The van der Waals surface area contributed by atoms with E-state index < -0.39 is 0 Å². The summed E-state index contributed by atoms with van der Waals surface area (Å²) in [6.45, 7) is 4.38. The summed E-state index contributed by atoms with van der Waals surface area (Å²) in [6, 6.07) is 10.7. The molecule has 0 spiro atoms. The number of thiazole rings is 1. The number of carbonyl (C=O) groups excluding carboxylic acids is 2. The van der Waals surface area contributed by atoms with Gasteiger partial charge in [0, 0.05) is 40.7 Å². The number of aryl methyl sites for hydroxylation is 2. The molecule has 3 aromatic heterocycles. The highest BCUT2D eigenvalue weighted by molar-refractivity contribution is 7.09. The first kappa shape index (κ1) is 19.8. The van der Waals surface area contributed by atoms with Crippen molar-refractivity contribution < 1.29 is 9.59 Å². The molecule has 0 aliphatic carbocycles. The third-order valence-electron chi connectivity index (χ3n) is 4.87. The van der Waals surface area contributed by atoms with Gasteiger partial charge in [0.25, 0.3) is 11.8 Å². The van der Waals surface area contributed by atoms with Gasteiger partial charge in [-0.3, -0.25) is 9.59 Å². The minimum atomic E-state index is -0.283. The van der Waals surface area contributed by atoms with Crippen molar-refractivity contribution in [1.29, 1.82) is 0 Å². The van der Waals surface area contributed by atoms with Crippen LogP contribution in [0.5, 0.6) is 0 Å². The molecule has 152 valence electrons. The van der Waals surface area contributed by atoms with Crippen LogP contribution < -0.4 is 10.6 Å². The summed E-state index contributed by atoms with van der Waals surface area (Å²) >= 11 is 1.59. The molecule has 2 amide bonds. The van der Waals surface area contributed by atoms with Crippen molar-refractivity contribution in [2.45, 2.75) is 20.3 Å². The Morgan fingerprint density at radius 1 is 1.10 bits per heavy atom. The Kier molecular flexibility index (Phi) is 5.58. The normalized spacial score (nSPS) is 10.9. The van der Waals surface area contributed by atoms with Crippen LogP contribution in [0, 0.1) is 13.8 Å². The first-order valence-corrected chi connectivity index (χ1v) is 10.4. The Morgan fingerprint density at radius 3 is 2.73 bits per heavy atom. The van der Waals surface area contributed by atoms with Gasteiger partial charge in [-0.2, -0.15) is 0 Å². The smallest absolute Gasteiger partial charge is 0.272 e. The van der Waals surface area contributed by atoms with Gasteiger partial charge in [-0.15, -0.1) is 11.3 Å². The van der Waals surface area contributed by atoms with Gasteiger partial charge in [-0.1, -0.05) is 6.07 Å². The second kappa shape index (κ2) is 8.46. The zero-order valence-electron chi connectivity index (χ0n) is 16.7. The van der Waals surface area contributed by atoms with E-state index in [4.69, 9.17) is 0 Å². The van der Waals surface area contributed by atoms with Crippen molar-refractivity contribution in [2.75, 3.05) is 11.9 Å². The number of anilines is 1. The maximum atomic E-state index is 12.7. The molecule has 0 bridgehead atoms. The molecule has 8 heteroatoms. The van der Waals surface area contributed by atoms with Crippen molar-refractivity contribution in [2.24, 2.45) is 0 Å². The quantitative estimate of drug-likeness (QED) is 0.442. The number of carbonyl (C=O) groups is 2. The van der Waals surface area contributed by atoms with Crippen molar-refractivity contribution >= 4 is 39.9 Å². The number of fused-ring (bicyclic) bond motifs is 1. The minimum Gasteiger partial charge on any atom is -0.352 e. The molecule has 0 saturated heterocycles. The predicted octanol–water partition coefficient (Wildman–Crippen LogP) is 3.86. The lowest BCUT2D eigenvalue weighted by atomic mass is 10.1. The van der Waals surface area contributed by atoms with E-state index in [1.165, 1.54) is 4.88 Å². The van der Waals surface area contributed by atoms with Crippen LogP contribution in [0.3, 0.4) is 0 Å². The molecule has 3 heterocycles. The molecular weight excluding hydrogens is 398 g/mol. The van der Waals surface area contributed by atoms with E-state index in [1.54, 1.807) is 35.7 Å². The summed E-state index contributed by atoms with van der Waals surface area (Å²) < 4.78 is 0. The highest BCUT2D eigenvalue weighted by atomic mass is 32.1. The fourth-order valence-electron chi connectivity index (χ4n) is 3.13. The first-order chi connectivity index (χ1) is 14.5. The maximum absolute atomic E-state index is 12.7. The Labute approximate surface area is 177 Å². The molecule has 0 aliphatic heterocycles. The lowest BCUT2D eigenvalue weighted by molar-refractivity contribution is 0.0952. The average molecular weight is 420 g/mol. The average Bonchev–Trinajstić information content (AvgIpc) is 3.35. The number of rotatable bonds is 6. The van der Waals surface area contributed by atoms with Crippen LogP contribution in [0.15, 0.2) is 48.1 Å². The van der Waals surface area contributed by atoms with E-state index in [2.05, 4.69) is 25.6 Å². The number of aromatic amines is 1. The number of pyridine rings is 1. The number of benzene rings is 1. The molecule has 30 heavy (non-hydrogen) atoms. The molecule has 0 atom stereocenters. The molecule has 4 rings (SSSR count). The van der Waals surface area contributed by atoms with Gasteiger partial charge in [0.15, 0.2) is 0 Å². The number of hydrogen-bond donors (Lipinski definition) is 3. The molecule has 0 unspecified atom stereocenters. The van der Waals surface area contributed by atoms with Crippen molar-refractivity contribution in [3.05, 3.63) is 75.5 Å². The van der Waals surface area contributed by atoms with Crippen LogP contribution in [-0.4, -0.2) is 33.3 Å². The third-order valence-corrected chi connectivity index (χ3v) is 5.86. The van der Waals surface area contributed by atoms with Crippen LogP contribution >= 0.6 is 11.3 Å². The molecule has 3 N–H and O–H groups in total. The molecule has 0 aliphatic rings. The van der Waals surface area contributed by atoms with E-state index in [9.17, 15) is 9.59 Å². The second-order valence-electron chi connectivity index (χ2n) is 6.97. The van der Waals surface area contributed by atoms with Crippen LogP contribution in [0.2, 0.25) is 0 Å². The summed E-state index contributed by atoms with van der Waals surface area (Å²) in [6.07, 6.45) is 2.41. The van der Waals surface area contributed by atoms with E-state index in [0.717, 1.165) is 23.1 Å².